The third kappa shape index (κ3) is 3.56. The highest BCUT2D eigenvalue weighted by molar-refractivity contribution is 5.94. The molecule has 0 radical (unpaired) electrons. The van der Waals surface area contributed by atoms with E-state index in [9.17, 15) is 9.18 Å². The number of pyridine rings is 1. The summed E-state index contributed by atoms with van der Waals surface area (Å²) in [5.74, 6) is -0.196. The molecule has 1 fully saturated rings. The molecule has 5 nitrogen and oxygen atoms in total. The fourth-order valence-electron chi connectivity index (χ4n) is 3.46. The minimum atomic E-state index is -0.235. The predicted octanol–water partition coefficient (Wildman–Crippen LogP) is 3.19. The molecule has 0 N–H and O–H groups in total. The van der Waals surface area contributed by atoms with Gasteiger partial charge in [0.05, 0.1) is 0 Å². The van der Waals surface area contributed by atoms with Crippen molar-refractivity contribution in [1.29, 1.82) is 0 Å². The van der Waals surface area contributed by atoms with E-state index in [2.05, 4.69) is 9.88 Å². The summed E-state index contributed by atoms with van der Waals surface area (Å²) in [6.45, 7) is 2.76. The van der Waals surface area contributed by atoms with Crippen LogP contribution < -0.4 is 4.90 Å². The van der Waals surface area contributed by atoms with Crippen LogP contribution in [0.5, 0.6) is 0 Å². The van der Waals surface area contributed by atoms with Crippen LogP contribution in [0.4, 0.5) is 10.1 Å². The van der Waals surface area contributed by atoms with E-state index in [1.807, 2.05) is 40.9 Å². The number of rotatable bonds is 3. The van der Waals surface area contributed by atoms with Gasteiger partial charge in [0, 0.05) is 63.1 Å². The van der Waals surface area contributed by atoms with E-state index >= 15 is 0 Å². The van der Waals surface area contributed by atoms with Crippen LogP contribution in [-0.2, 0) is 7.05 Å². The van der Waals surface area contributed by atoms with E-state index in [1.165, 1.54) is 12.1 Å². The normalized spacial score (nSPS) is 14.4. The van der Waals surface area contributed by atoms with Gasteiger partial charge in [0.1, 0.15) is 11.5 Å². The van der Waals surface area contributed by atoms with Gasteiger partial charge in [0.25, 0.3) is 5.91 Å². The molecule has 27 heavy (non-hydrogen) atoms. The highest BCUT2D eigenvalue weighted by Gasteiger charge is 2.24. The number of aromatic nitrogens is 2. The smallest absolute Gasteiger partial charge is 0.270 e. The van der Waals surface area contributed by atoms with Crippen LogP contribution in [0.1, 0.15) is 10.5 Å². The van der Waals surface area contributed by atoms with Crippen molar-refractivity contribution in [3.05, 3.63) is 72.6 Å². The summed E-state index contributed by atoms with van der Waals surface area (Å²) in [4.78, 5) is 21.1. The third-order valence-corrected chi connectivity index (χ3v) is 5.00. The molecule has 1 saturated heterocycles. The molecule has 0 unspecified atom stereocenters. The van der Waals surface area contributed by atoms with Crippen molar-refractivity contribution in [2.24, 2.45) is 7.05 Å². The lowest BCUT2D eigenvalue weighted by molar-refractivity contribution is 0.0737. The Kier molecular flexibility index (Phi) is 4.62. The molecular weight excluding hydrogens is 343 g/mol. The van der Waals surface area contributed by atoms with E-state index in [0.717, 1.165) is 29.9 Å². The number of aryl methyl sites for hydroxylation is 1. The van der Waals surface area contributed by atoms with Crippen LogP contribution in [-0.4, -0.2) is 46.5 Å². The summed E-state index contributed by atoms with van der Waals surface area (Å²) >= 11 is 0. The monoisotopic (exact) mass is 364 g/mol. The molecule has 1 aromatic carbocycles. The Morgan fingerprint density at radius 1 is 0.963 bits per heavy atom. The molecule has 1 aliphatic rings. The van der Waals surface area contributed by atoms with Gasteiger partial charge in [-0.15, -0.1) is 0 Å². The Balaban J connectivity index is 1.45. The molecule has 0 aliphatic carbocycles. The molecule has 3 aromatic rings. The third-order valence-electron chi connectivity index (χ3n) is 5.00. The number of hydrogen-bond acceptors (Lipinski definition) is 3. The summed E-state index contributed by atoms with van der Waals surface area (Å²) in [6.07, 6.45) is 5.47. The summed E-state index contributed by atoms with van der Waals surface area (Å²) in [5, 5.41) is 0. The van der Waals surface area contributed by atoms with Crippen molar-refractivity contribution in [3.8, 4) is 11.1 Å². The maximum absolute atomic E-state index is 13.1. The van der Waals surface area contributed by atoms with Gasteiger partial charge in [0.15, 0.2) is 0 Å². The lowest BCUT2D eigenvalue weighted by Gasteiger charge is -2.36. The zero-order valence-electron chi connectivity index (χ0n) is 15.2. The van der Waals surface area contributed by atoms with Crippen LogP contribution in [0.2, 0.25) is 0 Å². The quantitative estimate of drug-likeness (QED) is 0.717. The number of amides is 1. The first-order chi connectivity index (χ1) is 13.1. The van der Waals surface area contributed by atoms with Crippen LogP contribution in [0, 0.1) is 5.82 Å². The lowest BCUT2D eigenvalue weighted by atomic mass is 10.1. The molecular formula is C21H21FN4O. The average molecular weight is 364 g/mol. The van der Waals surface area contributed by atoms with Gasteiger partial charge in [-0.1, -0.05) is 0 Å². The Labute approximate surface area is 157 Å². The SMILES string of the molecule is Cn1cc(-c2ccncc2)cc1C(=O)N1CCN(c2ccc(F)cc2)CC1. The second kappa shape index (κ2) is 7.23. The molecule has 1 amide bonds. The molecule has 1 aliphatic heterocycles. The number of carbonyl (C=O) groups excluding carboxylic acids is 1. The minimum Gasteiger partial charge on any atom is -0.368 e. The van der Waals surface area contributed by atoms with Crippen molar-refractivity contribution >= 4 is 11.6 Å². The number of halogens is 1. The molecule has 3 heterocycles. The first-order valence-electron chi connectivity index (χ1n) is 8.98. The zero-order valence-corrected chi connectivity index (χ0v) is 15.2. The number of nitrogens with zero attached hydrogens (tertiary/aromatic N) is 4. The predicted molar refractivity (Wildman–Crippen MR) is 103 cm³/mol. The standard InChI is InChI=1S/C21H21FN4O/c1-24-15-17(16-6-8-23-9-7-16)14-20(24)21(27)26-12-10-25(11-13-26)19-4-2-18(22)3-5-19/h2-9,14-15H,10-13H2,1H3. The van der Waals surface area contributed by atoms with Gasteiger partial charge in [0.2, 0.25) is 0 Å². The fraction of sp³-hybridized carbons (Fsp3) is 0.238. The van der Waals surface area contributed by atoms with E-state index in [1.54, 1.807) is 24.5 Å². The Bertz CT molecular complexity index is 929. The number of anilines is 1. The second-order valence-corrected chi connectivity index (χ2v) is 6.72. The molecule has 6 heteroatoms. The maximum atomic E-state index is 13.1. The largest absolute Gasteiger partial charge is 0.368 e. The van der Waals surface area contributed by atoms with Gasteiger partial charge in [-0.2, -0.15) is 0 Å². The van der Waals surface area contributed by atoms with Gasteiger partial charge in [-0.25, -0.2) is 4.39 Å². The number of carbonyl (C=O) groups is 1. The van der Waals surface area contributed by atoms with E-state index in [-0.39, 0.29) is 11.7 Å². The molecule has 0 bridgehead atoms. The van der Waals surface area contributed by atoms with Crippen molar-refractivity contribution < 1.29 is 9.18 Å². The summed E-state index contributed by atoms with van der Waals surface area (Å²) in [7, 11) is 1.90. The molecule has 4 rings (SSSR count). The van der Waals surface area contributed by atoms with Crippen molar-refractivity contribution in [2.75, 3.05) is 31.1 Å². The van der Waals surface area contributed by atoms with Crippen molar-refractivity contribution in [2.45, 2.75) is 0 Å². The van der Waals surface area contributed by atoms with Crippen LogP contribution in [0.25, 0.3) is 11.1 Å². The first-order valence-corrected chi connectivity index (χ1v) is 8.98. The van der Waals surface area contributed by atoms with E-state index < -0.39 is 0 Å². The zero-order chi connectivity index (χ0) is 18.8. The molecule has 0 spiro atoms. The van der Waals surface area contributed by atoms with Crippen molar-refractivity contribution in [1.82, 2.24) is 14.5 Å². The maximum Gasteiger partial charge on any atom is 0.270 e. The Morgan fingerprint density at radius 2 is 1.63 bits per heavy atom. The van der Waals surface area contributed by atoms with E-state index in [4.69, 9.17) is 0 Å². The van der Waals surface area contributed by atoms with Gasteiger partial charge >= 0.3 is 0 Å². The highest BCUT2D eigenvalue weighted by Crippen LogP contribution is 2.23. The van der Waals surface area contributed by atoms with Gasteiger partial charge < -0.3 is 14.4 Å². The Morgan fingerprint density at radius 3 is 2.30 bits per heavy atom. The lowest BCUT2D eigenvalue weighted by Crippen LogP contribution is -2.49. The summed E-state index contributed by atoms with van der Waals surface area (Å²) in [6, 6.07) is 12.3. The van der Waals surface area contributed by atoms with E-state index in [0.29, 0.717) is 18.8 Å². The minimum absolute atomic E-state index is 0.0385. The van der Waals surface area contributed by atoms with Gasteiger partial charge in [-0.05, 0) is 48.0 Å². The van der Waals surface area contributed by atoms with Gasteiger partial charge in [-0.3, -0.25) is 9.78 Å². The topological polar surface area (TPSA) is 41.4 Å². The molecule has 138 valence electrons. The molecule has 0 atom stereocenters. The number of hydrogen-bond donors (Lipinski definition) is 0. The molecule has 2 aromatic heterocycles. The average Bonchev–Trinajstić information content (AvgIpc) is 3.10. The van der Waals surface area contributed by atoms with Crippen LogP contribution >= 0.6 is 0 Å². The van der Waals surface area contributed by atoms with Crippen LogP contribution in [0.3, 0.4) is 0 Å². The fourth-order valence-corrected chi connectivity index (χ4v) is 3.46. The Hall–Kier alpha value is -3.15. The first kappa shape index (κ1) is 17.3. The number of benzene rings is 1. The number of piperazine rings is 1. The van der Waals surface area contributed by atoms with Crippen molar-refractivity contribution in [3.63, 3.8) is 0 Å². The summed E-state index contributed by atoms with van der Waals surface area (Å²) in [5.41, 5.74) is 3.72. The molecule has 0 saturated carbocycles. The second-order valence-electron chi connectivity index (χ2n) is 6.72. The van der Waals surface area contributed by atoms with Crippen LogP contribution in [0.15, 0.2) is 61.1 Å². The highest BCUT2D eigenvalue weighted by atomic mass is 19.1. The summed E-state index contributed by atoms with van der Waals surface area (Å²) < 4.78 is 15.0.